The molecular weight excluding hydrogens is 465 g/mol. The van der Waals surface area contributed by atoms with Crippen LogP contribution in [0.15, 0.2) is 83.4 Å². The van der Waals surface area contributed by atoms with Crippen LogP contribution in [0.1, 0.15) is 42.0 Å². The Morgan fingerprint density at radius 3 is 2.46 bits per heavy atom. The molecule has 1 aliphatic heterocycles. The van der Waals surface area contributed by atoms with Crippen LogP contribution in [0.3, 0.4) is 0 Å². The highest BCUT2D eigenvalue weighted by Gasteiger charge is 2.50. The standard InChI is InChI=1S/C28H24FNO4S/c1-2-34-28(33)26-20(23-13-8-14-35-23)15-22-25(27(26)32)19(18-11-6-7-12-21(18)29)16-24(31)30(22)17-9-4-3-5-10-17/h3-14,19-20,26H,2,15-16H2,1H3/t19-,20-,26-/m0/s1. The number of thiophene rings is 1. The third-order valence-electron chi connectivity index (χ3n) is 6.67. The number of ether oxygens (including phenoxy) is 1. The molecule has 0 bridgehead atoms. The van der Waals surface area contributed by atoms with Gasteiger partial charge < -0.3 is 4.74 Å². The summed E-state index contributed by atoms with van der Waals surface area (Å²) >= 11 is 1.46. The van der Waals surface area contributed by atoms with E-state index in [9.17, 15) is 18.8 Å². The summed E-state index contributed by atoms with van der Waals surface area (Å²) in [6, 6.07) is 19.1. The predicted octanol–water partition coefficient (Wildman–Crippen LogP) is 5.60. The summed E-state index contributed by atoms with van der Waals surface area (Å²) < 4.78 is 20.3. The van der Waals surface area contributed by atoms with E-state index in [0.717, 1.165) is 4.88 Å². The number of rotatable bonds is 5. The number of halogens is 1. The van der Waals surface area contributed by atoms with Crippen LogP contribution in [0.5, 0.6) is 0 Å². The van der Waals surface area contributed by atoms with Crippen molar-refractivity contribution >= 4 is 34.7 Å². The number of amides is 1. The number of Topliss-reactive ketones (excluding diaryl/α,β-unsaturated/α-hetero) is 1. The average molecular weight is 490 g/mol. The van der Waals surface area contributed by atoms with Crippen LogP contribution < -0.4 is 4.90 Å². The zero-order valence-electron chi connectivity index (χ0n) is 19.1. The Morgan fingerprint density at radius 1 is 1.03 bits per heavy atom. The molecule has 0 unspecified atom stereocenters. The van der Waals surface area contributed by atoms with E-state index in [4.69, 9.17) is 4.74 Å². The minimum atomic E-state index is -1.05. The average Bonchev–Trinajstić information content (AvgIpc) is 3.39. The molecule has 2 aliphatic rings. The van der Waals surface area contributed by atoms with Crippen LogP contribution in [0.2, 0.25) is 0 Å². The Balaban J connectivity index is 1.73. The Morgan fingerprint density at radius 2 is 1.77 bits per heavy atom. The van der Waals surface area contributed by atoms with Gasteiger partial charge >= 0.3 is 5.97 Å². The molecule has 2 aromatic carbocycles. The van der Waals surface area contributed by atoms with E-state index < -0.39 is 35.3 Å². The number of nitrogens with zero attached hydrogens (tertiary/aromatic N) is 1. The van der Waals surface area contributed by atoms with Crippen molar-refractivity contribution < 1.29 is 23.5 Å². The van der Waals surface area contributed by atoms with Crippen LogP contribution in [0, 0.1) is 11.7 Å². The summed E-state index contributed by atoms with van der Waals surface area (Å²) in [5.74, 6) is -3.97. The van der Waals surface area contributed by atoms with Gasteiger partial charge in [-0.3, -0.25) is 19.3 Å². The summed E-state index contributed by atoms with van der Waals surface area (Å²) in [6.45, 7) is 1.85. The normalized spacial score (nSPS) is 22.2. The highest BCUT2D eigenvalue weighted by atomic mass is 32.1. The van der Waals surface area contributed by atoms with Crippen molar-refractivity contribution in [1.29, 1.82) is 0 Å². The number of carbonyl (C=O) groups is 3. The molecule has 7 heteroatoms. The highest BCUT2D eigenvalue weighted by molar-refractivity contribution is 7.10. The molecule has 3 atom stereocenters. The van der Waals surface area contributed by atoms with Crippen LogP contribution in [-0.4, -0.2) is 24.3 Å². The summed E-state index contributed by atoms with van der Waals surface area (Å²) in [5, 5.41) is 1.90. The molecule has 0 spiro atoms. The van der Waals surface area contributed by atoms with Crippen molar-refractivity contribution in [1.82, 2.24) is 0 Å². The maximum absolute atomic E-state index is 14.9. The molecule has 0 saturated heterocycles. The van der Waals surface area contributed by atoms with Gasteiger partial charge in [-0.15, -0.1) is 11.3 Å². The number of ketones is 1. The first-order chi connectivity index (χ1) is 17.0. The number of hydrogen-bond donors (Lipinski definition) is 0. The van der Waals surface area contributed by atoms with Crippen LogP contribution in [-0.2, 0) is 19.1 Å². The molecule has 1 aromatic heterocycles. The number of hydrogen-bond acceptors (Lipinski definition) is 5. The maximum atomic E-state index is 14.9. The number of para-hydroxylation sites is 1. The Labute approximate surface area is 206 Å². The van der Waals surface area contributed by atoms with E-state index in [2.05, 4.69) is 0 Å². The molecule has 0 saturated carbocycles. The smallest absolute Gasteiger partial charge is 0.317 e. The van der Waals surface area contributed by atoms with Crippen molar-refractivity contribution in [3.63, 3.8) is 0 Å². The van der Waals surface area contributed by atoms with Gasteiger partial charge in [0.1, 0.15) is 11.7 Å². The molecular formula is C28H24FNO4S. The molecule has 5 nitrogen and oxygen atoms in total. The van der Waals surface area contributed by atoms with Gasteiger partial charge in [-0.25, -0.2) is 4.39 Å². The number of carbonyl (C=O) groups excluding carboxylic acids is 3. The second kappa shape index (κ2) is 9.58. The number of allylic oxidation sites excluding steroid dienone is 2. The van der Waals surface area contributed by atoms with Gasteiger partial charge in [0.2, 0.25) is 5.91 Å². The van der Waals surface area contributed by atoms with E-state index in [1.165, 1.54) is 17.4 Å². The molecule has 2 heterocycles. The molecule has 178 valence electrons. The summed E-state index contributed by atoms with van der Waals surface area (Å²) in [5.41, 5.74) is 1.78. The molecule has 0 N–H and O–H groups in total. The third-order valence-corrected chi connectivity index (χ3v) is 7.67. The van der Waals surface area contributed by atoms with E-state index in [0.29, 0.717) is 17.0 Å². The van der Waals surface area contributed by atoms with E-state index >= 15 is 0 Å². The largest absolute Gasteiger partial charge is 0.465 e. The zero-order valence-corrected chi connectivity index (χ0v) is 20.0. The summed E-state index contributed by atoms with van der Waals surface area (Å²) in [4.78, 5) is 43.2. The van der Waals surface area contributed by atoms with Gasteiger partial charge in [-0.2, -0.15) is 0 Å². The monoisotopic (exact) mass is 489 g/mol. The fourth-order valence-electron chi connectivity index (χ4n) is 5.20. The fourth-order valence-corrected chi connectivity index (χ4v) is 6.07. The quantitative estimate of drug-likeness (QED) is 0.346. The van der Waals surface area contributed by atoms with Gasteiger partial charge in [0.25, 0.3) is 0 Å². The second-order valence-electron chi connectivity index (χ2n) is 8.62. The van der Waals surface area contributed by atoms with Crippen LogP contribution in [0.25, 0.3) is 0 Å². The highest BCUT2D eigenvalue weighted by Crippen LogP contribution is 2.50. The van der Waals surface area contributed by atoms with E-state index in [1.807, 2.05) is 47.8 Å². The van der Waals surface area contributed by atoms with Gasteiger partial charge in [0.15, 0.2) is 5.78 Å². The van der Waals surface area contributed by atoms with Gasteiger partial charge in [-0.1, -0.05) is 42.5 Å². The molecule has 5 rings (SSSR count). The first-order valence-electron chi connectivity index (χ1n) is 11.6. The van der Waals surface area contributed by atoms with E-state index in [1.54, 1.807) is 30.0 Å². The first-order valence-corrected chi connectivity index (χ1v) is 12.5. The zero-order chi connectivity index (χ0) is 24.5. The summed E-state index contributed by atoms with van der Waals surface area (Å²) in [6.07, 6.45) is 0.219. The lowest BCUT2D eigenvalue weighted by Crippen LogP contribution is -2.46. The Hall–Kier alpha value is -3.58. The molecule has 3 aromatic rings. The lowest BCUT2D eigenvalue weighted by molar-refractivity contribution is -0.152. The van der Waals surface area contributed by atoms with Gasteiger partial charge in [0.05, 0.1) is 6.61 Å². The van der Waals surface area contributed by atoms with Crippen molar-refractivity contribution in [2.24, 2.45) is 5.92 Å². The molecule has 35 heavy (non-hydrogen) atoms. The van der Waals surface area contributed by atoms with Crippen molar-refractivity contribution in [3.8, 4) is 0 Å². The van der Waals surface area contributed by atoms with E-state index in [-0.39, 0.29) is 30.9 Å². The second-order valence-corrected chi connectivity index (χ2v) is 9.60. The number of esters is 1. The lowest BCUT2D eigenvalue weighted by Gasteiger charge is -2.42. The molecule has 0 fully saturated rings. The maximum Gasteiger partial charge on any atom is 0.317 e. The number of benzene rings is 2. The van der Waals surface area contributed by atoms with Crippen molar-refractivity contribution in [2.45, 2.75) is 31.6 Å². The van der Waals surface area contributed by atoms with Crippen molar-refractivity contribution in [3.05, 3.63) is 99.6 Å². The van der Waals surface area contributed by atoms with Crippen LogP contribution >= 0.6 is 11.3 Å². The minimum absolute atomic E-state index is 0.0698. The SMILES string of the molecule is CCOC(=O)[C@@H]1C(=O)C2=C(C[C@H]1c1cccs1)N(c1ccccc1)C(=O)C[C@H]2c1ccccc1F. The van der Waals surface area contributed by atoms with Crippen LogP contribution in [0.4, 0.5) is 10.1 Å². The molecule has 1 amide bonds. The van der Waals surface area contributed by atoms with Gasteiger partial charge in [-0.05, 0) is 48.6 Å². The topological polar surface area (TPSA) is 63.7 Å². The number of anilines is 1. The Bertz CT molecular complexity index is 1300. The summed E-state index contributed by atoms with van der Waals surface area (Å²) in [7, 11) is 0. The fraction of sp³-hybridized carbons (Fsp3) is 0.250. The lowest BCUT2D eigenvalue weighted by atomic mass is 9.69. The third kappa shape index (κ3) is 4.10. The van der Waals surface area contributed by atoms with Crippen molar-refractivity contribution in [2.75, 3.05) is 11.5 Å². The first kappa shape index (κ1) is 23.2. The molecule has 1 aliphatic carbocycles. The molecule has 0 radical (unpaired) electrons. The minimum Gasteiger partial charge on any atom is -0.465 e. The predicted molar refractivity (Wildman–Crippen MR) is 132 cm³/mol. The Kier molecular flexibility index (Phi) is 6.34. The van der Waals surface area contributed by atoms with Gasteiger partial charge in [0, 0.05) is 40.1 Å².